The Morgan fingerprint density at radius 2 is 1.93 bits per heavy atom. The lowest BCUT2D eigenvalue weighted by atomic mass is 9.99. The maximum Gasteiger partial charge on any atom is 0.227 e. The molecule has 1 amide bonds. The molecule has 12 heteroatoms. The monoisotopic (exact) mass is 585 g/mol. The fourth-order valence-electron chi connectivity index (χ4n) is 6.08. The lowest BCUT2D eigenvalue weighted by molar-refractivity contribution is -0.120. The Bertz CT molecular complexity index is 1730. The molecule has 40 heavy (non-hydrogen) atoms. The van der Waals surface area contributed by atoms with E-state index in [1.165, 1.54) is 22.7 Å². The minimum absolute atomic E-state index is 0.0179. The molecular weight excluding hydrogens is 557 g/mol. The first kappa shape index (κ1) is 26.9. The second kappa shape index (κ2) is 9.97. The average Bonchev–Trinajstić information content (AvgIpc) is 3.62. The molecule has 2 aromatic heterocycles. The van der Waals surface area contributed by atoms with Gasteiger partial charge in [0, 0.05) is 30.8 Å². The zero-order valence-electron chi connectivity index (χ0n) is 22.4. The largest absolute Gasteiger partial charge is 0.361 e. The number of hydrogen-bond acceptors (Lipinski definition) is 6. The van der Waals surface area contributed by atoms with Crippen LogP contribution in [0.15, 0.2) is 40.9 Å². The third kappa shape index (κ3) is 4.59. The summed E-state index contributed by atoms with van der Waals surface area (Å²) in [4.78, 5) is 20.0. The van der Waals surface area contributed by atoms with Crippen molar-refractivity contribution in [3.05, 3.63) is 64.5 Å². The van der Waals surface area contributed by atoms with Crippen LogP contribution in [0, 0.1) is 19.7 Å². The number of anilines is 1. The van der Waals surface area contributed by atoms with E-state index in [4.69, 9.17) is 21.1 Å². The summed E-state index contributed by atoms with van der Waals surface area (Å²) in [6, 6.07) is 9.66. The van der Waals surface area contributed by atoms with Crippen molar-refractivity contribution in [2.24, 2.45) is 0 Å². The number of nitrogens with zero attached hydrogens (tertiary/aromatic N) is 5. The molecule has 2 aliphatic heterocycles. The number of imidazole rings is 1. The number of halogens is 2. The highest BCUT2D eigenvalue weighted by Crippen LogP contribution is 2.41. The summed E-state index contributed by atoms with van der Waals surface area (Å²) in [6.07, 6.45) is 3.44. The standard InChI is InChI=1S/C28H29ClFN5O4S/c1-16-27(17(2)39-32-16)18-7-10-24-23(13-18)31-28(35(24)20-11-12-33(15-20)40(3,37)38)25-5-4-6-26(36)34(25)19-8-9-21(29)22(30)14-19/h7-10,13-14,20,25H,4-6,11-12,15H2,1-3H3/t20-,25+/m1/s1. The van der Waals surface area contributed by atoms with Crippen LogP contribution in [-0.2, 0) is 14.8 Å². The predicted octanol–water partition coefficient (Wildman–Crippen LogP) is 5.57. The number of carbonyl (C=O) groups excluding carboxylic acids is 1. The first-order chi connectivity index (χ1) is 19.0. The molecule has 2 atom stereocenters. The van der Waals surface area contributed by atoms with Crippen molar-refractivity contribution < 1.29 is 22.1 Å². The highest BCUT2D eigenvalue weighted by molar-refractivity contribution is 7.88. The van der Waals surface area contributed by atoms with E-state index in [2.05, 4.69) is 9.72 Å². The van der Waals surface area contributed by atoms with Crippen molar-refractivity contribution in [2.45, 2.75) is 51.6 Å². The van der Waals surface area contributed by atoms with Gasteiger partial charge in [-0.1, -0.05) is 22.8 Å². The first-order valence-electron chi connectivity index (χ1n) is 13.2. The van der Waals surface area contributed by atoms with Gasteiger partial charge in [-0.25, -0.2) is 22.1 Å². The van der Waals surface area contributed by atoms with E-state index in [0.29, 0.717) is 61.6 Å². The number of benzene rings is 2. The van der Waals surface area contributed by atoms with Gasteiger partial charge in [-0.15, -0.1) is 0 Å². The third-order valence-corrected chi connectivity index (χ3v) is 9.50. The van der Waals surface area contributed by atoms with Crippen LogP contribution in [0.25, 0.3) is 22.2 Å². The Kier molecular flexibility index (Phi) is 6.71. The van der Waals surface area contributed by atoms with Gasteiger partial charge >= 0.3 is 0 Å². The van der Waals surface area contributed by atoms with Gasteiger partial charge in [0.2, 0.25) is 15.9 Å². The number of sulfonamides is 1. The van der Waals surface area contributed by atoms with Crippen molar-refractivity contribution in [3.63, 3.8) is 0 Å². The third-order valence-electron chi connectivity index (χ3n) is 7.93. The summed E-state index contributed by atoms with van der Waals surface area (Å²) in [5.41, 5.74) is 4.53. The molecule has 2 aliphatic rings. The van der Waals surface area contributed by atoms with E-state index >= 15 is 0 Å². The second-order valence-corrected chi connectivity index (χ2v) is 13.0. The average molecular weight is 586 g/mol. The van der Waals surface area contributed by atoms with E-state index in [9.17, 15) is 17.6 Å². The van der Waals surface area contributed by atoms with Crippen LogP contribution < -0.4 is 4.90 Å². The summed E-state index contributed by atoms with van der Waals surface area (Å²) in [6.45, 7) is 4.45. The summed E-state index contributed by atoms with van der Waals surface area (Å²) in [7, 11) is -3.37. The minimum atomic E-state index is -3.37. The SMILES string of the molecule is Cc1noc(C)c1-c1ccc2c(c1)nc([C@@H]1CCCC(=O)N1c1ccc(Cl)c(F)c1)n2[C@@H]1CCN(S(C)(=O)=O)C1. The lowest BCUT2D eigenvalue weighted by Gasteiger charge is -2.36. The topological polar surface area (TPSA) is 102 Å². The normalized spacial score (nSPS) is 20.6. The van der Waals surface area contributed by atoms with Crippen LogP contribution in [0.3, 0.4) is 0 Å². The van der Waals surface area contributed by atoms with Crippen LogP contribution in [-0.4, -0.2) is 52.7 Å². The molecule has 0 saturated carbocycles. The van der Waals surface area contributed by atoms with E-state index in [1.807, 2.05) is 32.0 Å². The molecule has 0 spiro atoms. The molecule has 2 aromatic carbocycles. The number of piperidine rings is 1. The Hall–Kier alpha value is -3.28. The Labute approximate surface area is 236 Å². The fraction of sp³-hybridized carbons (Fsp3) is 0.393. The van der Waals surface area contributed by atoms with Crippen molar-refractivity contribution >= 4 is 44.3 Å². The molecular formula is C28H29ClFN5O4S. The van der Waals surface area contributed by atoms with Gasteiger partial charge in [-0.05, 0) is 69.0 Å². The van der Waals surface area contributed by atoms with Crippen molar-refractivity contribution in [3.8, 4) is 11.1 Å². The molecule has 0 unspecified atom stereocenters. The number of aromatic nitrogens is 3. The molecule has 4 aromatic rings. The summed E-state index contributed by atoms with van der Waals surface area (Å²) < 4.78 is 48.2. The number of amides is 1. The first-order valence-corrected chi connectivity index (χ1v) is 15.4. The molecule has 2 saturated heterocycles. The van der Waals surface area contributed by atoms with Crippen LogP contribution in [0.5, 0.6) is 0 Å². The van der Waals surface area contributed by atoms with Gasteiger partial charge in [0.05, 0.1) is 40.1 Å². The zero-order chi connectivity index (χ0) is 28.3. The molecule has 6 rings (SSSR count). The van der Waals surface area contributed by atoms with Crippen LogP contribution in [0.1, 0.15) is 55.0 Å². The Morgan fingerprint density at radius 3 is 2.60 bits per heavy atom. The number of carbonyl (C=O) groups is 1. The van der Waals surface area contributed by atoms with Crippen molar-refractivity contribution in [1.82, 2.24) is 19.0 Å². The molecule has 2 fully saturated rings. The summed E-state index contributed by atoms with van der Waals surface area (Å²) in [5.74, 6) is 0.616. The van der Waals surface area contributed by atoms with Crippen molar-refractivity contribution in [1.29, 1.82) is 0 Å². The molecule has 0 aliphatic carbocycles. The minimum Gasteiger partial charge on any atom is -0.361 e. The summed E-state index contributed by atoms with van der Waals surface area (Å²) in [5, 5.41) is 4.06. The van der Waals surface area contributed by atoms with E-state index in [-0.39, 0.29) is 17.0 Å². The number of aryl methyl sites for hydroxylation is 2. The molecule has 0 radical (unpaired) electrons. The van der Waals surface area contributed by atoms with Gasteiger partial charge in [0.15, 0.2) is 0 Å². The lowest BCUT2D eigenvalue weighted by Crippen LogP contribution is -2.40. The van der Waals surface area contributed by atoms with Gasteiger partial charge in [0.1, 0.15) is 17.4 Å². The highest BCUT2D eigenvalue weighted by Gasteiger charge is 2.38. The van der Waals surface area contributed by atoms with Gasteiger partial charge in [-0.3, -0.25) is 4.79 Å². The molecule has 0 bridgehead atoms. The summed E-state index contributed by atoms with van der Waals surface area (Å²) >= 11 is 5.94. The van der Waals surface area contributed by atoms with Gasteiger partial charge < -0.3 is 14.0 Å². The van der Waals surface area contributed by atoms with Crippen LogP contribution >= 0.6 is 11.6 Å². The molecule has 210 valence electrons. The number of rotatable bonds is 5. The second-order valence-electron chi connectivity index (χ2n) is 10.6. The Balaban J connectivity index is 1.52. The van der Waals surface area contributed by atoms with Crippen LogP contribution in [0.4, 0.5) is 10.1 Å². The zero-order valence-corrected chi connectivity index (χ0v) is 24.0. The maximum atomic E-state index is 14.5. The smallest absolute Gasteiger partial charge is 0.227 e. The fourth-order valence-corrected chi connectivity index (χ4v) is 7.08. The van der Waals surface area contributed by atoms with Gasteiger partial charge in [0.25, 0.3) is 0 Å². The number of fused-ring (bicyclic) bond motifs is 1. The molecule has 4 heterocycles. The number of hydrogen-bond donors (Lipinski definition) is 0. The van der Waals surface area contributed by atoms with Crippen LogP contribution in [0.2, 0.25) is 5.02 Å². The Morgan fingerprint density at radius 1 is 1.12 bits per heavy atom. The van der Waals surface area contributed by atoms with Crippen molar-refractivity contribution in [2.75, 3.05) is 24.2 Å². The molecule has 9 nitrogen and oxygen atoms in total. The van der Waals surface area contributed by atoms with E-state index < -0.39 is 21.9 Å². The predicted molar refractivity (Wildman–Crippen MR) is 150 cm³/mol. The quantitative estimate of drug-likeness (QED) is 0.304. The highest BCUT2D eigenvalue weighted by atomic mass is 35.5. The van der Waals surface area contributed by atoms with E-state index in [0.717, 1.165) is 22.3 Å². The van der Waals surface area contributed by atoms with Gasteiger partial charge in [-0.2, -0.15) is 0 Å². The molecule has 0 N–H and O–H groups in total. The van der Waals surface area contributed by atoms with E-state index in [1.54, 1.807) is 11.0 Å². The maximum absolute atomic E-state index is 14.5.